The molecule has 4 rings (SSSR count). The molecule has 0 unspecified atom stereocenters. The highest BCUT2D eigenvalue weighted by atomic mass is 19.1. The standard InChI is InChI=1S/C19H21F2N7O2/c1-11-23-26-19(30-11)18-25-24-16-4-5-27(6-7-28(16)18)17(29)10-14(22)9-12-8-13(20)2-3-15(12)21/h2-3,8,14H,4-7,9-10,22H2,1H3/t14-/m1/s1. The van der Waals surface area contributed by atoms with Crippen LogP contribution in [0.1, 0.15) is 23.7 Å². The van der Waals surface area contributed by atoms with Gasteiger partial charge in [-0.2, -0.15) is 0 Å². The molecule has 0 radical (unpaired) electrons. The molecule has 0 saturated carbocycles. The Labute approximate surface area is 170 Å². The number of carbonyl (C=O) groups excluding carboxylic acids is 1. The second-order valence-electron chi connectivity index (χ2n) is 7.25. The lowest BCUT2D eigenvalue weighted by atomic mass is 10.0. The SMILES string of the molecule is Cc1nnc(-c2nnc3n2CCN(C(=O)C[C@H](N)Cc2cc(F)ccc2F)CC3)o1. The summed E-state index contributed by atoms with van der Waals surface area (Å²) in [6.07, 6.45) is 0.626. The number of nitrogens with two attached hydrogens (primary N) is 1. The Morgan fingerprint density at radius 1 is 1.20 bits per heavy atom. The third-order valence-corrected chi connectivity index (χ3v) is 5.02. The first-order valence-corrected chi connectivity index (χ1v) is 9.60. The Morgan fingerprint density at radius 2 is 2.03 bits per heavy atom. The summed E-state index contributed by atoms with van der Waals surface area (Å²) in [5, 5.41) is 16.1. The van der Waals surface area contributed by atoms with Crippen LogP contribution in [0, 0.1) is 18.6 Å². The molecule has 0 bridgehead atoms. The zero-order valence-electron chi connectivity index (χ0n) is 16.4. The molecule has 0 spiro atoms. The summed E-state index contributed by atoms with van der Waals surface area (Å²) in [4.78, 5) is 14.4. The van der Waals surface area contributed by atoms with Gasteiger partial charge in [-0.1, -0.05) is 0 Å². The minimum atomic E-state index is -0.618. The van der Waals surface area contributed by atoms with Gasteiger partial charge in [0, 0.05) is 45.4 Å². The number of carbonyl (C=O) groups is 1. The molecule has 0 aliphatic carbocycles. The van der Waals surface area contributed by atoms with E-state index < -0.39 is 17.7 Å². The Hall–Kier alpha value is -3.21. The number of fused-ring (bicyclic) bond motifs is 1. The largest absolute Gasteiger partial charge is 0.418 e. The Balaban J connectivity index is 1.39. The van der Waals surface area contributed by atoms with Crippen molar-refractivity contribution < 1.29 is 18.0 Å². The summed E-state index contributed by atoms with van der Waals surface area (Å²) in [6, 6.07) is 2.60. The first-order valence-electron chi connectivity index (χ1n) is 9.60. The molecule has 1 atom stereocenters. The number of amides is 1. The minimum Gasteiger partial charge on any atom is -0.418 e. The van der Waals surface area contributed by atoms with E-state index in [9.17, 15) is 13.6 Å². The fourth-order valence-corrected chi connectivity index (χ4v) is 3.52. The van der Waals surface area contributed by atoms with Gasteiger partial charge >= 0.3 is 0 Å². The number of hydrogen-bond acceptors (Lipinski definition) is 7. The van der Waals surface area contributed by atoms with E-state index in [1.165, 1.54) is 0 Å². The number of aryl methyl sites for hydroxylation is 1. The highest BCUT2D eigenvalue weighted by Gasteiger charge is 2.25. The van der Waals surface area contributed by atoms with E-state index in [1.807, 2.05) is 4.57 Å². The molecule has 2 N–H and O–H groups in total. The lowest BCUT2D eigenvalue weighted by molar-refractivity contribution is -0.131. The average molecular weight is 417 g/mol. The second-order valence-corrected chi connectivity index (χ2v) is 7.25. The van der Waals surface area contributed by atoms with E-state index in [0.717, 1.165) is 24.0 Å². The van der Waals surface area contributed by atoms with Crippen LogP contribution in [0.5, 0.6) is 0 Å². The van der Waals surface area contributed by atoms with Gasteiger partial charge in [0.05, 0.1) is 0 Å². The van der Waals surface area contributed by atoms with E-state index in [0.29, 0.717) is 37.8 Å². The van der Waals surface area contributed by atoms with Gasteiger partial charge in [0.25, 0.3) is 5.89 Å². The molecule has 0 saturated heterocycles. The first-order chi connectivity index (χ1) is 14.4. The molecule has 1 aromatic carbocycles. The first kappa shape index (κ1) is 20.1. The molecule has 30 heavy (non-hydrogen) atoms. The quantitative estimate of drug-likeness (QED) is 0.664. The fraction of sp³-hybridized carbons (Fsp3) is 0.421. The number of hydrogen-bond donors (Lipinski definition) is 1. The van der Waals surface area contributed by atoms with Gasteiger partial charge in [0.15, 0.2) is 0 Å². The maximum absolute atomic E-state index is 13.8. The van der Waals surface area contributed by atoms with Gasteiger partial charge in [-0.05, 0) is 30.2 Å². The van der Waals surface area contributed by atoms with Crippen molar-refractivity contribution in [3.05, 3.63) is 47.1 Å². The molecule has 9 nitrogen and oxygen atoms in total. The minimum absolute atomic E-state index is 0.0340. The second kappa shape index (κ2) is 8.27. The molecule has 3 heterocycles. The van der Waals surface area contributed by atoms with Crippen molar-refractivity contribution in [2.75, 3.05) is 13.1 Å². The van der Waals surface area contributed by atoms with Crippen molar-refractivity contribution in [2.45, 2.75) is 38.8 Å². The number of aromatic nitrogens is 5. The number of rotatable bonds is 5. The van der Waals surface area contributed by atoms with Gasteiger partial charge in [0.1, 0.15) is 17.5 Å². The van der Waals surface area contributed by atoms with Crippen LogP contribution >= 0.6 is 0 Å². The van der Waals surface area contributed by atoms with Crippen LogP contribution < -0.4 is 5.73 Å². The smallest absolute Gasteiger partial charge is 0.285 e. The maximum Gasteiger partial charge on any atom is 0.285 e. The van der Waals surface area contributed by atoms with Crippen LogP contribution in [0.15, 0.2) is 22.6 Å². The highest BCUT2D eigenvalue weighted by molar-refractivity contribution is 5.77. The van der Waals surface area contributed by atoms with Crippen LogP contribution in [-0.4, -0.2) is 54.9 Å². The van der Waals surface area contributed by atoms with E-state index in [1.54, 1.807) is 11.8 Å². The molecule has 3 aromatic rings. The fourth-order valence-electron chi connectivity index (χ4n) is 3.52. The Kier molecular flexibility index (Phi) is 5.53. The molecule has 1 aliphatic rings. The number of nitrogens with zero attached hydrogens (tertiary/aromatic N) is 6. The van der Waals surface area contributed by atoms with Crippen LogP contribution in [0.25, 0.3) is 11.7 Å². The summed E-state index contributed by atoms with van der Waals surface area (Å²) in [7, 11) is 0. The van der Waals surface area contributed by atoms with E-state index in [4.69, 9.17) is 10.2 Å². The predicted molar refractivity (Wildman–Crippen MR) is 101 cm³/mol. The highest BCUT2D eigenvalue weighted by Crippen LogP contribution is 2.20. The zero-order chi connectivity index (χ0) is 21.3. The summed E-state index contributed by atoms with van der Waals surface area (Å²) >= 11 is 0. The van der Waals surface area contributed by atoms with Crippen molar-refractivity contribution in [2.24, 2.45) is 5.73 Å². The third-order valence-electron chi connectivity index (χ3n) is 5.02. The molecule has 158 valence electrons. The van der Waals surface area contributed by atoms with Crippen molar-refractivity contribution >= 4 is 5.91 Å². The van der Waals surface area contributed by atoms with Crippen molar-refractivity contribution in [3.63, 3.8) is 0 Å². The van der Waals surface area contributed by atoms with Gasteiger partial charge < -0.3 is 19.6 Å². The van der Waals surface area contributed by atoms with Gasteiger partial charge in [0.2, 0.25) is 17.6 Å². The van der Waals surface area contributed by atoms with Crippen molar-refractivity contribution in [1.82, 2.24) is 29.9 Å². The summed E-state index contributed by atoms with van der Waals surface area (Å²) in [5.74, 6) is 0.693. The summed E-state index contributed by atoms with van der Waals surface area (Å²) < 4.78 is 34.5. The van der Waals surface area contributed by atoms with Crippen molar-refractivity contribution in [1.29, 1.82) is 0 Å². The number of benzene rings is 1. The van der Waals surface area contributed by atoms with Crippen molar-refractivity contribution in [3.8, 4) is 11.7 Å². The summed E-state index contributed by atoms with van der Waals surface area (Å²) in [6.45, 7) is 3.06. The molecule has 2 aromatic heterocycles. The molecular weight excluding hydrogens is 396 g/mol. The normalized spacial score (nSPS) is 15.0. The van der Waals surface area contributed by atoms with Gasteiger partial charge in [-0.3, -0.25) is 4.79 Å². The van der Waals surface area contributed by atoms with E-state index in [2.05, 4.69) is 20.4 Å². The average Bonchev–Trinajstić information content (AvgIpc) is 3.24. The van der Waals surface area contributed by atoms with Crippen LogP contribution in [0.2, 0.25) is 0 Å². The van der Waals surface area contributed by atoms with Gasteiger partial charge in [-0.25, -0.2) is 8.78 Å². The third kappa shape index (κ3) is 4.20. The van der Waals surface area contributed by atoms with Gasteiger partial charge in [-0.15, -0.1) is 20.4 Å². The number of halogens is 2. The lowest BCUT2D eigenvalue weighted by Crippen LogP contribution is -2.38. The molecular formula is C19H21F2N7O2. The Bertz CT molecular complexity index is 1070. The van der Waals surface area contributed by atoms with Crippen LogP contribution in [0.3, 0.4) is 0 Å². The Morgan fingerprint density at radius 3 is 2.80 bits per heavy atom. The van der Waals surface area contributed by atoms with E-state index in [-0.39, 0.29) is 30.2 Å². The monoisotopic (exact) mass is 417 g/mol. The van der Waals surface area contributed by atoms with Crippen LogP contribution in [-0.2, 0) is 24.2 Å². The molecule has 1 aliphatic heterocycles. The van der Waals surface area contributed by atoms with E-state index >= 15 is 0 Å². The maximum atomic E-state index is 13.8. The zero-order valence-corrected chi connectivity index (χ0v) is 16.4. The molecule has 1 amide bonds. The topological polar surface area (TPSA) is 116 Å². The summed E-state index contributed by atoms with van der Waals surface area (Å²) in [5.41, 5.74) is 6.21. The predicted octanol–water partition coefficient (Wildman–Crippen LogP) is 1.26. The molecule has 0 fully saturated rings. The molecule has 11 heteroatoms. The lowest BCUT2D eigenvalue weighted by Gasteiger charge is -2.22. The van der Waals surface area contributed by atoms with Crippen LogP contribution in [0.4, 0.5) is 8.78 Å².